The van der Waals surface area contributed by atoms with E-state index < -0.39 is 21.7 Å². The molecule has 0 saturated carbocycles. The fraction of sp³-hybridized carbons (Fsp3) is 1.00. The van der Waals surface area contributed by atoms with Crippen LogP contribution in [0.2, 0.25) is 36.3 Å². The van der Waals surface area contributed by atoms with Crippen molar-refractivity contribution in [3.63, 3.8) is 0 Å². The average Bonchev–Trinajstić information content (AvgIpc) is 2.76. The standard InChI is InChI=1S/C35H76O5Si2/c1-20-35(36,23-27-37-31(8,9)21-25-39-33(12,13)41(16,17)29(2,3)4)24-28-38-32(10,11)22-26-40-34(14,15)42(18,19)30(5,6)7/h36H,20-28H2,1-19H3. The van der Waals surface area contributed by atoms with Gasteiger partial charge in [0.2, 0.25) is 0 Å². The molecule has 0 atom stereocenters. The van der Waals surface area contributed by atoms with Gasteiger partial charge in [0.15, 0.2) is 0 Å². The summed E-state index contributed by atoms with van der Waals surface area (Å²) in [5, 5.41) is 11.6. The highest BCUT2D eigenvalue weighted by Gasteiger charge is 2.49. The summed E-state index contributed by atoms with van der Waals surface area (Å²) in [6.07, 6.45) is 3.50. The molecule has 0 saturated heterocycles. The lowest BCUT2D eigenvalue weighted by Crippen LogP contribution is -2.58. The van der Waals surface area contributed by atoms with E-state index in [-0.39, 0.29) is 31.7 Å². The van der Waals surface area contributed by atoms with E-state index in [1.165, 1.54) is 0 Å². The second-order valence-electron chi connectivity index (χ2n) is 18.3. The highest BCUT2D eigenvalue weighted by molar-refractivity contribution is 6.83. The minimum Gasteiger partial charge on any atom is -0.390 e. The Kier molecular flexibility index (Phi) is 14.8. The Labute approximate surface area is 265 Å². The average molecular weight is 633 g/mol. The molecule has 254 valence electrons. The molecule has 0 unspecified atom stereocenters. The van der Waals surface area contributed by atoms with E-state index in [2.05, 4.69) is 123 Å². The third-order valence-electron chi connectivity index (χ3n) is 11.9. The zero-order valence-electron chi connectivity index (χ0n) is 31.9. The van der Waals surface area contributed by atoms with Crippen LogP contribution in [-0.4, -0.2) is 74.9 Å². The van der Waals surface area contributed by atoms with Gasteiger partial charge in [0.25, 0.3) is 0 Å². The number of hydrogen-bond donors (Lipinski definition) is 1. The highest BCUT2D eigenvalue weighted by atomic mass is 28.3. The van der Waals surface area contributed by atoms with E-state index in [0.717, 1.165) is 12.8 Å². The Morgan fingerprint density at radius 2 is 0.714 bits per heavy atom. The van der Waals surface area contributed by atoms with E-state index in [0.29, 0.717) is 45.7 Å². The summed E-state index contributed by atoms with van der Waals surface area (Å²) < 4.78 is 25.6. The summed E-state index contributed by atoms with van der Waals surface area (Å²) >= 11 is 0. The van der Waals surface area contributed by atoms with Crippen LogP contribution in [-0.2, 0) is 18.9 Å². The maximum absolute atomic E-state index is 11.3. The Hall–Kier alpha value is 0.234. The van der Waals surface area contributed by atoms with Crippen molar-refractivity contribution in [1.29, 1.82) is 0 Å². The van der Waals surface area contributed by atoms with E-state index in [1.807, 2.05) is 6.92 Å². The van der Waals surface area contributed by atoms with Crippen LogP contribution in [0.4, 0.5) is 0 Å². The highest BCUT2D eigenvalue weighted by Crippen LogP contribution is 2.45. The molecule has 0 amide bonds. The molecule has 0 aromatic heterocycles. The summed E-state index contributed by atoms with van der Waals surface area (Å²) in [4.78, 5) is 0. The first-order chi connectivity index (χ1) is 18.4. The monoisotopic (exact) mass is 633 g/mol. The summed E-state index contributed by atoms with van der Waals surface area (Å²) in [7, 11) is -3.31. The summed E-state index contributed by atoms with van der Waals surface area (Å²) in [6.45, 7) is 45.7. The zero-order chi connectivity index (χ0) is 33.7. The Bertz CT molecular complexity index is 739. The van der Waals surface area contributed by atoms with Gasteiger partial charge in [0.05, 0.1) is 56.6 Å². The van der Waals surface area contributed by atoms with Crippen LogP contribution in [0.25, 0.3) is 0 Å². The molecule has 0 rings (SSSR count). The normalized spacial score (nSPS) is 15.4. The van der Waals surface area contributed by atoms with Crippen LogP contribution >= 0.6 is 0 Å². The smallest absolute Gasteiger partial charge is 0.0900 e. The van der Waals surface area contributed by atoms with Crippen LogP contribution < -0.4 is 0 Å². The van der Waals surface area contributed by atoms with Gasteiger partial charge in [-0.05, 0) is 97.6 Å². The third kappa shape index (κ3) is 12.2. The SMILES string of the molecule is CCC(O)(CCOC(C)(C)CCOC(C)(C)[Si](C)(C)C(C)(C)C)CCOC(C)(C)CCOC(C)(C)[Si](C)(C)C(C)(C)C. The molecule has 0 spiro atoms. The zero-order valence-corrected chi connectivity index (χ0v) is 33.9. The molecule has 0 bridgehead atoms. The minimum absolute atomic E-state index is 0.120. The Morgan fingerprint density at radius 3 is 0.952 bits per heavy atom. The molecular formula is C35H76O5Si2. The van der Waals surface area contributed by atoms with Crippen molar-refractivity contribution in [2.24, 2.45) is 0 Å². The largest absolute Gasteiger partial charge is 0.390 e. The fourth-order valence-corrected chi connectivity index (χ4v) is 9.47. The fourth-order valence-electron chi connectivity index (χ4n) is 4.93. The van der Waals surface area contributed by atoms with Crippen LogP contribution in [0, 0.1) is 0 Å². The molecule has 42 heavy (non-hydrogen) atoms. The first-order valence-electron chi connectivity index (χ1n) is 16.7. The summed E-state index contributed by atoms with van der Waals surface area (Å²) in [5.41, 5.74) is -1.42. The van der Waals surface area contributed by atoms with Gasteiger partial charge in [0.1, 0.15) is 0 Å². The predicted octanol–water partition coefficient (Wildman–Crippen LogP) is 9.96. The molecule has 0 aromatic rings. The van der Waals surface area contributed by atoms with Gasteiger partial charge in [-0.15, -0.1) is 0 Å². The first-order valence-corrected chi connectivity index (χ1v) is 22.7. The molecule has 0 aliphatic rings. The molecule has 5 nitrogen and oxygen atoms in total. The van der Waals surface area contributed by atoms with Crippen molar-refractivity contribution >= 4 is 16.1 Å². The molecule has 0 heterocycles. The molecule has 0 aliphatic carbocycles. The number of hydrogen-bond acceptors (Lipinski definition) is 5. The molecule has 1 N–H and O–H groups in total. The second kappa shape index (κ2) is 14.8. The maximum Gasteiger partial charge on any atom is 0.0900 e. The van der Waals surface area contributed by atoms with E-state index >= 15 is 0 Å². The van der Waals surface area contributed by atoms with Gasteiger partial charge in [-0.1, -0.05) is 74.7 Å². The van der Waals surface area contributed by atoms with Crippen molar-refractivity contribution in [3.8, 4) is 0 Å². The molecule has 0 fully saturated rings. The quantitative estimate of drug-likeness (QED) is 0.144. The topological polar surface area (TPSA) is 57.2 Å². The lowest BCUT2D eigenvalue weighted by atomic mass is 9.93. The van der Waals surface area contributed by atoms with Crippen molar-refractivity contribution in [2.45, 2.75) is 199 Å². The van der Waals surface area contributed by atoms with E-state index in [9.17, 15) is 5.11 Å². The van der Waals surface area contributed by atoms with Crippen molar-refractivity contribution < 1.29 is 24.1 Å². The van der Waals surface area contributed by atoms with Crippen molar-refractivity contribution in [3.05, 3.63) is 0 Å². The van der Waals surface area contributed by atoms with Gasteiger partial charge in [-0.3, -0.25) is 0 Å². The van der Waals surface area contributed by atoms with Crippen LogP contribution in [0.15, 0.2) is 0 Å². The van der Waals surface area contributed by atoms with Gasteiger partial charge in [0, 0.05) is 13.2 Å². The predicted molar refractivity (Wildman–Crippen MR) is 188 cm³/mol. The van der Waals surface area contributed by atoms with Gasteiger partial charge in [-0.2, -0.15) is 0 Å². The third-order valence-corrected chi connectivity index (χ3v) is 25.7. The van der Waals surface area contributed by atoms with Crippen molar-refractivity contribution in [2.75, 3.05) is 26.4 Å². The molecular weight excluding hydrogens is 557 g/mol. The number of ether oxygens (including phenoxy) is 4. The van der Waals surface area contributed by atoms with Crippen LogP contribution in [0.5, 0.6) is 0 Å². The molecule has 7 heteroatoms. The van der Waals surface area contributed by atoms with E-state index in [1.54, 1.807) is 0 Å². The maximum atomic E-state index is 11.3. The molecule has 0 aliphatic heterocycles. The van der Waals surface area contributed by atoms with Crippen molar-refractivity contribution in [1.82, 2.24) is 0 Å². The summed E-state index contributed by atoms with van der Waals surface area (Å²) in [5.74, 6) is 0. The lowest BCUT2D eigenvalue weighted by Gasteiger charge is -2.48. The van der Waals surface area contributed by atoms with Gasteiger partial charge >= 0.3 is 0 Å². The lowest BCUT2D eigenvalue weighted by molar-refractivity contribution is -0.0970. The van der Waals surface area contributed by atoms with E-state index in [4.69, 9.17) is 18.9 Å². The van der Waals surface area contributed by atoms with Gasteiger partial charge < -0.3 is 24.1 Å². The second-order valence-corrected chi connectivity index (χ2v) is 30.2. The minimum atomic E-state index is -1.65. The molecule has 0 radical (unpaired) electrons. The number of aliphatic hydroxyl groups is 1. The Balaban J connectivity index is 4.75. The van der Waals surface area contributed by atoms with Gasteiger partial charge in [-0.25, -0.2) is 0 Å². The van der Waals surface area contributed by atoms with Crippen LogP contribution in [0.1, 0.15) is 136 Å². The van der Waals surface area contributed by atoms with Crippen LogP contribution in [0.3, 0.4) is 0 Å². The Morgan fingerprint density at radius 1 is 0.452 bits per heavy atom. The number of rotatable bonds is 19. The molecule has 0 aromatic carbocycles. The summed E-state index contributed by atoms with van der Waals surface area (Å²) in [6, 6.07) is 0. The first kappa shape index (κ1) is 42.2.